The van der Waals surface area contributed by atoms with Crippen molar-refractivity contribution in [3.05, 3.63) is 0 Å². The van der Waals surface area contributed by atoms with Crippen LogP contribution in [0.25, 0.3) is 0 Å². The van der Waals surface area contributed by atoms with Gasteiger partial charge in [-0.25, -0.2) is 0 Å². The summed E-state index contributed by atoms with van der Waals surface area (Å²) in [6.45, 7) is 3.32. The van der Waals surface area contributed by atoms with E-state index in [9.17, 15) is 14.4 Å². The number of ether oxygens (including phenoxy) is 5. The zero-order valence-corrected chi connectivity index (χ0v) is 13.7. The molecule has 130 valence electrons. The zero-order chi connectivity index (χ0) is 18.0. The maximum atomic E-state index is 11.4. The Balaban J connectivity index is 5.57. The molecule has 4 atom stereocenters. The first-order valence-corrected chi connectivity index (χ1v) is 6.69. The molecule has 0 radical (unpaired) electrons. The van der Waals surface area contributed by atoms with E-state index in [-0.39, 0.29) is 6.61 Å². The van der Waals surface area contributed by atoms with Crippen LogP contribution in [0.5, 0.6) is 0 Å². The third kappa shape index (κ3) is 7.58. The normalized spacial score (nSPS) is 15.5. The Morgan fingerprint density at radius 1 is 0.913 bits per heavy atom. The Kier molecular flexibility index (Phi) is 9.53. The molecule has 0 aromatic heterocycles. The Hall–Kier alpha value is -2.18. The van der Waals surface area contributed by atoms with Crippen molar-refractivity contribution in [2.75, 3.05) is 20.8 Å². The summed E-state index contributed by atoms with van der Waals surface area (Å²) in [5.41, 5.74) is 0. The summed E-state index contributed by atoms with van der Waals surface area (Å²) >= 11 is 0. The van der Waals surface area contributed by atoms with E-state index in [0.717, 1.165) is 13.8 Å². The summed E-state index contributed by atoms with van der Waals surface area (Å²) in [6, 6.07) is 1.75. The minimum Gasteiger partial charge on any atom is -0.456 e. The van der Waals surface area contributed by atoms with E-state index in [1.165, 1.54) is 21.1 Å². The van der Waals surface area contributed by atoms with Crippen LogP contribution in [0, 0.1) is 11.3 Å². The lowest BCUT2D eigenvalue weighted by Crippen LogP contribution is -2.51. The van der Waals surface area contributed by atoms with Gasteiger partial charge >= 0.3 is 17.9 Å². The van der Waals surface area contributed by atoms with Gasteiger partial charge in [0.05, 0.1) is 6.61 Å². The lowest BCUT2D eigenvalue weighted by atomic mass is 10.0. The maximum Gasteiger partial charge on any atom is 0.304 e. The van der Waals surface area contributed by atoms with Crippen LogP contribution in [-0.2, 0) is 38.1 Å². The van der Waals surface area contributed by atoms with Crippen LogP contribution < -0.4 is 0 Å². The van der Waals surface area contributed by atoms with E-state index in [1.807, 2.05) is 0 Å². The fourth-order valence-electron chi connectivity index (χ4n) is 1.90. The Bertz CT molecular complexity index is 458. The first-order chi connectivity index (χ1) is 10.8. The van der Waals surface area contributed by atoms with Crippen LogP contribution in [0.2, 0.25) is 0 Å². The lowest BCUT2D eigenvalue weighted by molar-refractivity contribution is -0.191. The molecular formula is C14H21NO8. The molecule has 0 amide bonds. The van der Waals surface area contributed by atoms with Crippen LogP contribution in [0.1, 0.15) is 20.8 Å². The molecule has 0 spiro atoms. The van der Waals surface area contributed by atoms with Gasteiger partial charge in [0.15, 0.2) is 12.2 Å². The van der Waals surface area contributed by atoms with Crippen LogP contribution in [0.3, 0.4) is 0 Å². The molecule has 0 rings (SSSR count). The molecule has 0 aromatic carbocycles. The number of hydrogen-bond donors (Lipinski definition) is 0. The van der Waals surface area contributed by atoms with Gasteiger partial charge in [0.2, 0.25) is 6.10 Å². The monoisotopic (exact) mass is 331 g/mol. The third-order valence-corrected chi connectivity index (χ3v) is 2.63. The minimum atomic E-state index is -1.36. The summed E-state index contributed by atoms with van der Waals surface area (Å²) in [5.74, 6) is -2.04. The molecule has 0 saturated heterocycles. The van der Waals surface area contributed by atoms with Crippen molar-refractivity contribution in [1.82, 2.24) is 0 Å². The molecule has 9 nitrogen and oxygen atoms in total. The maximum absolute atomic E-state index is 11.4. The van der Waals surface area contributed by atoms with Gasteiger partial charge in [-0.2, -0.15) is 5.26 Å². The predicted molar refractivity (Wildman–Crippen MR) is 74.9 cm³/mol. The van der Waals surface area contributed by atoms with Gasteiger partial charge in [-0.3, -0.25) is 14.4 Å². The Morgan fingerprint density at radius 2 is 1.43 bits per heavy atom. The lowest BCUT2D eigenvalue weighted by Gasteiger charge is -2.32. The highest BCUT2D eigenvalue weighted by atomic mass is 16.6. The van der Waals surface area contributed by atoms with E-state index in [1.54, 1.807) is 6.07 Å². The van der Waals surface area contributed by atoms with Crippen LogP contribution in [-0.4, -0.2) is 63.2 Å². The molecule has 0 bridgehead atoms. The van der Waals surface area contributed by atoms with E-state index in [2.05, 4.69) is 0 Å². The molecule has 0 fully saturated rings. The number of hydrogen-bond acceptors (Lipinski definition) is 9. The summed E-state index contributed by atoms with van der Waals surface area (Å²) < 4.78 is 25.1. The number of nitriles is 1. The second-order valence-electron chi connectivity index (χ2n) is 4.54. The molecule has 0 unspecified atom stereocenters. The SMILES string of the molecule is COC[C@@H](OC(C)=O)[C@@H](OC(C)=O)[C@H](OC)[C@@H](C#N)OC(C)=O. The highest BCUT2D eigenvalue weighted by Gasteiger charge is 2.41. The van der Waals surface area contributed by atoms with E-state index < -0.39 is 42.3 Å². The summed E-state index contributed by atoms with van der Waals surface area (Å²) in [6.07, 6.45) is -4.79. The molecule has 0 aliphatic heterocycles. The number of carbonyl (C=O) groups is 3. The molecule has 23 heavy (non-hydrogen) atoms. The van der Waals surface area contributed by atoms with Crippen molar-refractivity contribution < 1.29 is 38.1 Å². The first-order valence-electron chi connectivity index (χ1n) is 6.69. The van der Waals surface area contributed by atoms with Gasteiger partial charge < -0.3 is 23.7 Å². The van der Waals surface area contributed by atoms with Gasteiger partial charge in [-0.05, 0) is 0 Å². The molecule has 0 saturated carbocycles. The quantitative estimate of drug-likeness (QED) is 0.423. The van der Waals surface area contributed by atoms with Crippen LogP contribution in [0.4, 0.5) is 0 Å². The average molecular weight is 331 g/mol. The fourth-order valence-corrected chi connectivity index (χ4v) is 1.90. The highest BCUT2D eigenvalue weighted by Crippen LogP contribution is 2.18. The van der Waals surface area contributed by atoms with Gasteiger partial charge in [-0.1, -0.05) is 0 Å². The van der Waals surface area contributed by atoms with Gasteiger partial charge in [0.1, 0.15) is 12.2 Å². The summed E-state index contributed by atoms with van der Waals surface area (Å²) in [7, 11) is 2.60. The van der Waals surface area contributed by atoms with Crippen molar-refractivity contribution in [3.63, 3.8) is 0 Å². The van der Waals surface area contributed by atoms with Crippen molar-refractivity contribution >= 4 is 17.9 Å². The smallest absolute Gasteiger partial charge is 0.304 e. The second kappa shape index (κ2) is 10.5. The van der Waals surface area contributed by atoms with Crippen molar-refractivity contribution in [2.45, 2.75) is 45.2 Å². The summed E-state index contributed by atoms with van der Waals surface area (Å²) in [5, 5.41) is 9.17. The van der Waals surface area contributed by atoms with Gasteiger partial charge in [-0.15, -0.1) is 0 Å². The number of nitrogens with zero attached hydrogens (tertiary/aromatic N) is 1. The Labute approximate surface area is 134 Å². The zero-order valence-electron chi connectivity index (χ0n) is 13.7. The molecular weight excluding hydrogens is 310 g/mol. The van der Waals surface area contributed by atoms with E-state index >= 15 is 0 Å². The number of carbonyl (C=O) groups excluding carboxylic acids is 3. The molecule has 9 heteroatoms. The topological polar surface area (TPSA) is 121 Å². The number of methoxy groups -OCH3 is 2. The molecule has 0 aromatic rings. The number of rotatable bonds is 9. The van der Waals surface area contributed by atoms with Gasteiger partial charge in [0.25, 0.3) is 0 Å². The van der Waals surface area contributed by atoms with E-state index in [4.69, 9.17) is 28.9 Å². The van der Waals surface area contributed by atoms with Crippen molar-refractivity contribution in [1.29, 1.82) is 5.26 Å². The third-order valence-electron chi connectivity index (χ3n) is 2.63. The fraction of sp³-hybridized carbons (Fsp3) is 0.714. The average Bonchev–Trinajstić information content (AvgIpc) is 2.44. The van der Waals surface area contributed by atoms with Crippen molar-refractivity contribution in [3.8, 4) is 6.07 Å². The predicted octanol–water partition coefficient (Wildman–Crippen LogP) is -0.0335. The first kappa shape index (κ1) is 20.8. The van der Waals surface area contributed by atoms with E-state index in [0.29, 0.717) is 0 Å². The second-order valence-corrected chi connectivity index (χ2v) is 4.54. The van der Waals surface area contributed by atoms with Crippen LogP contribution >= 0.6 is 0 Å². The van der Waals surface area contributed by atoms with Gasteiger partial charge in [0, 0.05) is 35.0 Å². The van der Waals surface area contributed by atoms with Crippen molar-refractivity contribution in [2.24, 2.45) is 0 Å². The molecule has 0 N–H and O–H groups in total. The number of esters is 3. The minimum absolute atomic E-state index is 0.115. The molecule has 0 heterocycles. The largest absolute Gasteiger partial charge is 0.456 e. The molecule has 0 aliphatic rings. The Morgan fingerprint density at radius 3 is 1.78 bits per heavy atom. The van der Waals surface area contributed by atoms with Crippen LogP contribution in [0.15, 0.2) is 0 Å². The summed E-state index contributed by atoms with van der Waals surface area (Å²) in [4.78, 5) is 33.7. The standard InChI is InChI=1S/C14H21NO8/c1-8(16)21-11(6-15)13(20-5)14(23-10(3)18)12(7-19-4)22-9(2)17/h11-14H,7H2,1-5H3/t11-,12-,13-,14-/m1/s1. The highest BCUT2D eigenvalue weighted by molar-refractivity contribution is 5.68. The molecule has 0 aliphatic carbocycles.